The Kier molecular flexibility index (Phi) is 35.7. The number of hydrogen-bond acceptors (Lipinski definition) is 10. The van der Waals surface area contributed by atoms with Gasteiger partial charge in [0.1, 0.15) is 0 Å². The summed E-state index contributed by atoms with van der Waals surface area (Å²) in [5, 5.41) is 4.69. The van der Waals surface area contributed by atoms with Crippen molar-refractivity contribution in [3.63, 3.8) is 0 Å². The van der Waals surface area contributed by atoms with Gasteiger partial charge in [-0.3, -0.25) is 9.59 Å². The fourth-order valence-electron chi connectivity index (χ4n) is 17.1. The SMILES string of the molecule is CCCCCCCCCCCCC1(CCCCCCCCCCCC)c2ccsc2-c2sc(C3=C4C(=O)N(CC(OCC)OCC)C(c5cc6c(s5)-c5sccc5C6(CCCCCCCCCCCC)CCCCCCCCCCCC)C4C(=O)N3CC(OCC)OCC)cc21. The molecule has 2 atom stereocenters. The third kappa shape index (κ3) is 20.8. The minimum absolute atomic E-state index is 0.0330. The number of rotatable bonds is 58. The van der Waals surface area contributed by atoms with Gasteiger partial charge >= 0.3 is 0 Å². The molecule has 8 rings (SSSR count). The summed E-state index contributed by atoms with van der Waals surface area (Å²) in [5.41, 5.74) is 7.11. The van der Waals surface area contributed by atoms with Crippen LogP contribution in [0.2, 0.25) is 0 Å². The second kappa shape index (κ2) is 43.3. The summed E-state index contributed by atoms with van der Waals surface area (Å²) in [6, 6.07) is 9.42. The molecule has 96 heavy (non-hydrogen) atoms. The lowest BCUT2D eigenvalue weighted by molar-refractivity contribution is -0.160. The highest BCUT2D eigenvalue weighted by molar-refractivity contribution is 7.23. The lowest BCUT2D eigenvalue weighted by atomic mass is 9.71. The number of amides is 2. The van der Waals surface area contributed by atoms with Crippen LogP contribution in [0, 0.1) is 5.92 Å². The number of likely N-dealkylation sites (tertiary alicyclic amines) is 1. The van der Waals surface area contributed by atoms with Gasteiger partial charge in [0, 0.05) is 61.6 Å². The van der Waals surface area contributed by atoms with Crippen LogP contribution in [0.4, 0.5) is 0 Å². The second-order valence-corrected chi connectivity index (χ2v) is 33.2. The van der Waals surface area contributed by atoms with Gasteiger partial charge in [-0.2, -0.15) is 0 Å². The predicted octanol–water partition coefficient (Wildman–Crippen LogP) is 26.3. The van der Waals surface area contributed by atoms with E-state index in [0.717, 1.165) is 41.1 Å². The van der Waals surface area contributed by atoms with E-state index in [4.69, 9.17) is 18.9 Å². The molecule has 12 heteroatoms. The molecule has 2 aliphatic heterocycles. The Hall–Kier alpha value is -2.68. The monoisotopic (exact) mass is 1390 g/mol. The maximum absolute atomic E-state index is 16.5. The molecule has 0 radical (unpaired) electrons. The van der Waals surface area contributed by atoms with Crippen LogP contribution in [0.1, 0.15) is 376 Å². The fourth-order valence-corrected chi connectivity index (χ4v) is 22.2. The van der Waals surface area contributed by atoms with Gasteiger partial charge in [0.2, 0.25) is 5.91 Å². The number of nitrogens with zero attached hydrogens (tertiary/aromatic N) is 2. The van der Waals surface area contributed by atoms with Crippen molar-refractivity contribution >= 4 is 62.9 Å². The molecule has 540 valence electrons. The average molecular weight is 1400 g/mol. The molecule has 4 aromatic rings. The fraction of sp³-hybridized carbons (Fsp3) is 0.762. The van der Waals surface area contributed by atoms with E-state index >= 15 is 9.59 Å². The largest absolute Gasteiger partial charge is 0.351 e. The van der Waals surface area contributed by atoms with Crippen molar-refractivity contribution in [3.8, 4) is 19.5 Å². The van der Waals surface area contributed by atoms with Crippen LogP contribution < -0.4 is 0 Å². The number of fused-ring (bicyclic) bond motifs is 7. The summed E-state index contributed by atoms with van der Waals surface area (Å²) in [6.07, 6.45) is 56.0. The van der Waals surface area contributed by atoms with Crippen LogP contribution in [0.3, 0.4) is 0 Å². The van der Waals surface area contributed by atoms with E-state index in [2.05, 4.69) is 62.7 Å². The highest BCUT2D eigenvalue weighted by Gasteiger charge is 2.59. The number of ether oxygens (including phenoxy) is 4. The first-order valence-electron chi connectivity index (χ1n) is 40.5. The van der Waals surface area contributed by atoms with Crippen LogP contribution in [-0.2, 0) is 39.4 Å². The number of hydrogen-bond donors (Lipinski definition) is 0. The normalized spacial score (nSPS) is 16.8. The molecule has 4 aromatic heterocycles. The Bertz CT molecular complexity index is 2800. The lowest BCUT2D eigenvalue weighted by Gasteiger charge is -2.33. The Balaban J connectivity index is 1.17. The van der Waals surface area contributed by atoms with Gasteiger partial charge in [-0.15, -0.1) is 45.3 Å². The van der Waals surface area contributed by atoms with Gasteiger partial charge < -0.3 is 28.7 Å². The number of thiophene rings is 4. The van der Waals surface area contributed by atoms with E-state index in [9.17, 15) is 0 Å². The molecule has 0 N–H and O–H groups in total. The summed E-state index contributed by atoms with van der Waals surface area (Å²) in [6.45, 7) is 19.5. The third-order valence-corrected chi connectivity index (χ3v) is 26.7. The summed E-state index contributed by atoms with van der Waals surface area (Å²) < 4.78 is 25.5. The van der Waals surface area contributed by atoms with Crippen LogP contribution in [0.5, 0.6) is 0 Å². The van der Waals surface area contributed by atoms with Crippen LogP contribution >= 0.6 is 45.3 Å². The molecule has 0 bridgehead atoms. The Morgan fingerprint density at radius 3 is 1.09 bits per heavy atom. The predicted molar refractivity (Wildman–Crippen MR) is 413 cm³/mol. The Labute approximate surface area is 602 Å². The Morgan fingerprint density at radius 2 is 0.729 bits per heavy atom. The maximum atomic E-state index is 16.5. The molecule has 6 heterocycles. The summed E-state index contributed by atoms with van der Waals surface area (Å²) >= 11 is 7.49. The molecular weight excluding hydrogens is 1260 g/mol. The van der Waals surface area contributed by atoms with Crippen molar-refractivity contribution in [1.82, 2.24) is 9.80 Å². The van der Waals surface area contributed by atoms with E-state index in [-0.39, 0.29) is 35.7 Å². The Morgan fingerprint density at radius 1 is 0.396 bits per heavy atom. The molecule has 0 aromatic carbocycles. The third-order valence-electron chi connectivity index (χ3n) is 22.2. The van der Waals surface area contributed by atoms with Crippen LogP contribution in [0.15, 0.2) is 40.6 Å². The molecule has 8 nitrogen and oxygen atoms in total. The molecule has 2 unspecified atom stereocenters. The first-order valence-corrected chi connectivity index (χ1v) is 43.9. The molecule has 0 saturated carbocycles. The molecule has 1 saturated heterocycles. The topological polar surface area (TPSA) is 77.5 Å². The zero-order valence-electron chi connectivity index (χ0n) is 62.1. The van der Waals surface area contributed by atoms with Gasteiger partial charge in [-0.05, 0) is 111 Å². The average Bonchev–Trinajstić information content (AvgIpc) is 1.54. The summed E-state index contributed by atoms with van der Waals surface area (Å²) in [7, 11) is 0. The zero-order chi connectivity index (χ0) is 67.8. The van der Waals surface area contributed by atoms with Gasteiger partial charge in [0.25, 0.3) is 5.91 Å². The molecule has 1 fully saturated rings. The van der Waals surface area contributed by atoms with Crippen molar-refractivity contribution in [2.45, 2.75) is 367 Å². The minimum Gasteiger partial charge on any atom is -0.351 e. The van der Waals surface area contributed by atoms with Crippen molar-refractivity contribution in [1.29, 1.82) is 0 Å². The standard InChI is InChI=1S/C84H134N2O6S4/c1-9-17-21-25-29-33-37-41-45-49-55-83(56-50-46-42-38-34-30-26-22-18-10-2)65-53-59-93-77(65)79-67(83)61-69(95-79)75-73-74(82(88)85(75)63-71(89-13-5)90-14-6)76(86(81(73)87)64-72(91-15-7)92-16-8)70-62-68-80(96-70)78-66(54-60-94-78)84(68,57-51-47-43-39-35-31-27-23-19-11-3)58-52-48-44-40-36-32-28-24-20-12-4/h53-54,59-62,71-73,75H,9-52,55-58,63-64H2,1-8H3. The minimum atomic E-state index is -0.725. The van der Waals surface area contributed by atoms with E-state index in [1.165, 1.54) is 299 Å². The van der Waals surface area contributed by atoms with Gasteiger partial charge in [-0.1, -0.05) is 285 Å². The van der Waals surface area contributed by atoms with Gasteiger partial charge in [0.15, 0.2) is 12.6 Å². The van der Waals surface area contributed by atoms with E-state index in [1.54, 1.807) is 0 Å². The van der Waals surface area contributed by atoms with E-state index < -0.39 is 24.5 Å². The summed E-state index contributed by atoms with van der Waals surface area (Å²) in [4.78, 5) is 44.5. The van der Waals surface area contributed by atoms with Crippen LogP contribution in [-0.4, -0.2) is 73.7 Å². The maximum Gasteiger partial charge on any atom is 0.253 e. The highest BCUT2D eigenvalue weighted by atomic mass is 32.1. The van der Waals surface area contributed by atoms with Crippen molar-refractivity contribution < 1.29 is 28.5 Å². The number of carbonyl (C=O) groups is 2. The lowest BCUT2D eigenvalue weighted by Crippen LogP contribution is -2.43. The second-order valence-electron chi connectivity index (χ2n) is 29.2. The van der Waals surface area contributed by atoms with Gasteiger partial charge in [0.05, 0.1) is 41.2 Å². The number of unbranched alkanes of at least 4 members (excludes halogenated alkanes) is 36. The van der Waals surface area contributed by atoms with Gasteiger partial charge in [-0.25, -0.2) is 0 Å². The molecule has 2 aliphatic carbocycles. The smallest absolute Gasteiger partial charge is 0.253 e. The first kappa shape index (κ1) is 79.0. The highest BCUT2D eigenvalue weighted by Crippen LogP contribution is 2.64. The molecular formula is C84H134N2O6S4. The molecule has 4 aliphatic rings. The first-order chi connectivity index (χ1) is 47.2. The number of carbonyl (C=O) groups excluding carboxylic acids is 2. The van der Waals surface area contributed by atoms with Crippen molar-refractivity contribution in [2.24, 2.45) is 5.92 Å². The van der Waals surface area contributed by atoms with Crippen molar-refractivity contribution in [2.75, 3.05) is 39.5 Å². The molecule has 2 amide bonds. The quantitative estimate of drug-likeness (QED) is 0.0324. The zero-order valence-corrected chi connectivity index (χ0v) is 65.4. The summed E-state index contributed by atoms with van der Waals surface area (Å²) in [5.74, 6) is -0.837. The molecule has 0 spiro atoms. The van der Waals surface area contributed by atoms with Crippen molar-refractivity contribution in [3.05, 3.63) is 72.6 Å². The van der Waals surface area contributed by atoms with E-state index in [1.807, 2.05) is 82.8 Å². The van der Waals surface area contributed by atoms with E-state index in [0.29, 0.717) is 32.0 Å². The van der Waals surface area contributed by atoms with Crippen LogP contribution in [0.25, 0.3) is 25.2 Å².